The number of hydrogen-bond acceptors (Lipinski definition) is 3. The highest BCUT2D eigenvalue weighted by Crippen LogP contribution is 2.24. The Kier molecular flexibility index (Phi) is 5.56. The van der Waals surface area contributed by atoms with Gasteiger partial charge in [0, 0.05) is 12.1 Å². The maximum absolute atomic E-state index is 14.4. The molecular formula is C16H24FN3O. The van der Waals surface area contributed by atoms with Crippen LogP contribution in [0.15, 0.2) is 23.4 Å². The number of halogens is 1. The van der Waals surface area contributed by atoms with Crippen LogP contribution >= 0.6 is 0 Å². The topological polar surface area (TPSA) is 61.8 Å². The van der Waals surface area contributed by atoms with Crippen LogP contribution in [0.5, 0.6) is 0 Å². The van der Waals surface area contributed by atoms with Crippen LogP contribution in [0.25, 0.3) is 0 Å². The first-order valence-electron chi connectivity index (χ1n) is 7.63. The van der Waals surface area contributed by atoms with Crippen molar-refractivity contribution in [2.24, 2.45) is 16.8 Å². The van der Waals surface area contributed by atoms with E-state index in [1.165, 1.54) is 31.7 Å². The second-order valence-electron chi connectivity index (χ2n) is 5.77. The van der Waals surface area contributed by atoms with E-state index in [1.807, 2.05) is 0 Å². The van der Waals surface area contributed by atoms with E-state index in [4.69, 9.17) is 10.9 Å². The summed E-state index contributed by atoms with van der Waals surface area (Å²) in [5, 5.41) is 11.6. The third-order valence-corrected chi connectivity index (χ3v) is 4.26. The number of rotatable bonds is 5. The van der Waals surface area contributed by atoms with Gasteiger partial charge in [-0.15, -0.1) is 0 Å². The third kappa shape index (κ3) is 3.94. The molecule has 0 atom stereocenters. The van der Waals surface area contributed by atoms with Gasteiger partial charge < -0.3 is 10.9 Å². The summed E-state index contributed by atoms with van der Waals surface area (Å²) < 4.78 is 14.4. The van der Waals surface area contributed by atoms with E-state index in [1.54, 1.807) is 12.1 Å². The lowest BCUT2D eigenvalue weighted by Gasteiger charge is -2.32. The zero-order chi connectivity index (χ0) is 15.2. The van der Waals surface area contributed by atoms with Gasteiger partial charge in [0.15, 0.2) is 5.84 Å². The van der Waals surface area contributed by atoms with Crippen LogP contribution < -0.4 is 5.73 Å². The van der Waals surface area contributed by atoms with Gasteiger partial charge in [0.1, 0.15) is 5.82 Å². The average molecular weight is 293 g/mol. The van der Waals surface area contributed by atoms with Crippen molar-refractivity contribution in [3.8, 4) is 0 Å². The van der Waals surface area contributed by atoms with Crippen LogP contribution in [-0.4, -0.2) is 29.0 Å². The molecule has 5 heteroatoms. The Balaban J connectivity index is 2.01. The first-order valence-corrected chi connectivity index (χ1v) is 7.63. The highest BCUT2D eigenvalue weighted by Gasteiger charge is 2.20. The number of nitrogens with zero attached hydrogens (tertiary/aromatic N) is 2. The van der Waals surface area contributed by atoms with Gasteiger partial charge in [-0.2, -0.15) is 0 Å². The fraction of sp³-hybridized carbons (Fsp3) is 0.562. The third-order valence-electron chi connectivity index (χ3n) is 4.26. The lowest BCUT2D eigenvalue weighted by molar-refractivity contribution is 0.170. The fourth-order valence-corrected chi connectivity index (χ4v) is 3.04. The van der Waals surface area contributed by atoms with Crippen molar-refractivity contribution in [1.29, 1.82) is 0 Å². The predicted octanol–water partition coefficient (Wildman–Crippen LogP) is 2.93. The molecule has 116 valence electrons. The minimum Gasteiger partial charge on any atom is -0.409 e. The molecule has 1 aliphatic rings. The average Bonchev–Trinajstić information content (AvgIpc) is 2.51. The van der Waals surface area contributed by atoms with E-state index in [0.717, 1.165) is 19.0 Å². The van der Waals surface area contributed by atoms with E-state index < -0.39 is 0 Å². The van der Waals surface area contributed by atoms with Gasteiger partial charge in [0.25, 0.3) is 0 Å². The van der Waals surface area contributed by atoms with E-state index >= 15 is 0 Å². The summed E-state index contributed by atoms with van der Waals surface area (Å²) in [5.74, 6) is 0.249. The molecule has 0 spiro atoms. The van der Waals surface area contributed by atoms with Gasteiger partial charge >= 0.3 is 0 Å². The first-order chi connectivity index (χ1) is 10.2. The molecule has 1 aromatic rings. The quantitative estimate of drug-likeness (QED) is 0.380. The number of amidine groups is 1. The molecule has 1 heterocycles. The van der Waals surface area contributed by atoms with Gasteiger partial charge in [0.05, 0.1) is 5.56 Å². The van der Waals surface area contributed by atoms with Gasteiger partial charge in [-0.3, -0.25) is 4.90 Å². The van der Waals surface area contributed by atoms with Gasteiger partial charge in [-0.05, 0) is 37.9 Å². The van der Waals surface area contributed by atoms with Crippen molar-refractivity contribution >= 4 is 5.84 Å². The Morgan fingerprint density at radius 3 is 2.76 bits per heavy atom. The van der Waals surface area contributed by atoms with Crippen molar-refractivity contribution in [3.05, 3.63) is 35.1 Å². The largest absolute Gasteiger partial charge is 0.409 e. The SMILES string of the molecule is CCCC1CCN(Cc2cccc(/C(N)=N/O)c2F)CC1. The fourth-order valence-electron chi connectivity index (χ4n) is 3.04. The number of benzene rings is 1. The highest BCUT2D eigenvalue weighted by atomic mass is 19.1. The Hall–Kier alpha value is -1.62. The minimum atomic E-state index is -0.386. The highest BCUT2D eigenvalue weighted by molar-refractivity contribution is 5.97. The van der Waals surface area contributed by atoms with Gasteiger partial charge in [0.2, 0.25) is 0 Å². The van der Waals surface area contributed by atoms with Crippen LogP contribution in [-0.2, 0) is 6.54 Å². The standard InChI is InChI=1S/C16H24FN3O/c1-2-4-12-7-9-20(10-8-12)11-13-5-3-6-14(15(13)17)16(18)19-21/h3,5-6,12,21H,2,4,7-11H2,1H3,(H2,18,19). The number of oxime groups is 1. The lowest BCUT2D eigenvalue weighted by atomic mass is 9.92. The first kappa shape index (κ1) is 15.8. The maximum Gasteiger partial charge on any atom is 0.173 e. The lowest BCUT2D eigenvalue weighted by Crippen LogP contribution is -2.33. The van der Waals surface area contributed by atoms with Crippen LogP contribution in [0, 0.1) is 11.7 Å². The smallest absolute Gasteiger partial charge is 0.173 e. The van der Waals surface area contributed by atoms with Gasteiger partial charge in [-0.25, -0.2) is 4.39 Å². The molecule has 0 bridgehead atoms. The molecule has 1 fully saturated rings. The van der Waals surface area contributed by atoms with Crippen molar-refractivity contribution in [1.82, 2.24) is 4.90 Å². The maximum atomic E-state index is 14.4. The molecule has 1 saturated heterocycles. The molecule has 2 rings (SSSR count). The van der Waals surface area contributed by atoms with E-state index in [0.29, 0.717) is 12.1 Å². The molecule has 0 aliphatic carbocycles. The van der Waals surface area contributed by atoms with Crippen LogP contribution in [0.4, 0.5) is 4.39 Å². The van der Waals surface area contributed by atoms with Crippen LogP contribution in [0.1, 0.15) is 43.7 Å². The molecule has 0 saturated carbocycles. The normalized spacial score (nSPS) is 18.1. The zero-order valence-corrected chi connectivity index (χ0v) is 12.6. The molecule has 1 aromatic carbocycles. The van der Waals surface area contributed by atoms with E-state index in [2.05, 4.69) is 17.0 Å². The summed E-state index contributed by atoms with van der Waals surface area (Å²) in [6.07, 6.45) is 4.91. The molecule has 4 nitrogen and oxygen atoms in total. The zero-order valence-electron chi connectivity index (χ0n) is 12.6. The number of nitrogens with two attached hydrogens (primary N) is 1. The van der Waals surface area contributed by atoms with Crippen LogP contribution in [0.2, 0.25) is 0 Å². The Bertz CT molecular complexity index is 496. The molecule has 0 unspecified atom stereocenters. The van der Waals surface area contributed by atoms with E-state index in [9.17, 15) is 4.39 Å². The Labute approximate surface area is 125 Å². The molecule has 0 aromatic heterocycles. The Morgan fingerprint density at radius 2 is 2.14 bits per heavy atom. The molecule has 1 aliphatic heterocycles. The second-order valence-corrected chi connectivity index (χ2v) is 5.77. The molecular weight excluding hydrogens is 269 g/mol. The number of piperidine rings is 1. The summed E-state index contributed by atoms with van der Waals surface area (Å²) in [6, 6.07) is 5.04. The summed E-state index contributed by atoms with van der Waals surface area (Å²) in [4.78, 5) is 2.28. The summed E-state index contributed by atoms with van der Waals surface area (Å²) >= 11 is 0. The number of hydrogen-bond donors (Lipinski definition) is 2. The summed E-state index contributed by atoms with van der Waals surface area (Å²) in [6.45, 7) is 4.83. The van der Waals surface area contributed by atoms with E-state index in [-0.39, 0.29) is 17.2 Å². The number of likely N-dealkylation sites (tertiary alicyclic amines) is 1. The van der Waals surface area contributed by atoms with Crippen molar-refractivity contribution in [2.75, 3.05) is 13.1 Å². The molecule has 21 heavy (non-hydrogen) atoms. The summed E-state index contributed by atoms with van der Waals surface area (Å²) in [7, 11) is 0. The molecule has 0 radical (unpaired) electrons. The molecule has 0 amide bonds. The van der Waals surface area contributed by atoms with Crippen molar-refractivity contribution < 1.29 is 9.60 Å². The van der Waals surface area contributed by atoms with Crippen molar-refractivity contribution in [3.63, 3.8) is 0 Å². The van der Waals surface area contributed by atoms with Gasteiger partial charge in [-0.1, -0.05) is 37.1 Å². The van der Waals surface area contributed by atoms with Crippen molar-refractivity contribution in [2.45, 2.75) is 39.2 Å². The van der Waals surface area contributed by atoms with Crippen LogP contribution in [0.3, 0.4) is 0 Å². The summed E-state index contributed by atoms with van der Waals surface area (Å²) in [5.41, 5.74) is 6.26. The predicted molar refractivity (Wildman–Crippen MR) is 81.8 cm³/mol. The minimum absolute atomic E-state index is 0.163. The molecule has 3 N–H and O–H groups in total. The Morgan fingerprint density at radius 1 is 1.43 bits per heavy atom. The monoisotopic (exact) mass is 293 g/mol. The second kappa shape index (κ2) is 7.41.